The Morgan fingerprint density at radius 2 is 2.10 bits per heavy atom. The molecule has 3 aromatic rings. The van der Waals surface area contributed by atoms with Crippen LogP contribution in [0.4, 0.5) is 0 Å². The number of rotatable bonds is 4. The summed E-state index contributed by atoms with van der Waals surface area (Å²) in [6.45, 7) is 2.97. The molecule has 2 aromatic heterocycles. The first-order chi connectivity index (χ1) is 9.67. The van der Waals surface area contributed by atoms with Gasteiger partial charge in [0.25, 0.3) is 0 Å². The van der Waals surface area contributed by atoms with Gasteiger partial charge in [-0.05, 0) is 43.2 Å². The van der Waals surface area contributed by atoms with Crippen molar-refractivity contribution in [3.63, 3.8) is 0 Å². The summed E-state index contributed by atoms with van der Waals surface area (Å²) in [4.78, 5) is 5.88. The molecule has 104 valence electrons. The molecule has 0 bridgehead atoms. The third-order valence-corrected chi connectivity index (χ3v) is 4.84. The van der Waals surface area contributed by atoms with Crippen LogP contribution in [0, 0.1) is 6.92 Å². The highest BCUT2D eigenvalue weighted by Gasteiger charge is 2.10. The number of alkyl halides is 1. The van der Waals surface area contributed by atoms with Gasteiger partial charge >= 0.3 is 0 Å². The number of fused-ring (bicyclic) bond motifs is 1. The fourth-order valence-electron chi connectivity index (χ4n) is 2.34. The highest BCUT2D eigenvalue weighted by molar-refractivity contribution is 7.16. The van der Waals surface area contributed by atoms with E-state index in [9.17, 15) is 0 Å². The topological polar surface area (TPSA) is 17.8 Å². The maximum atomic E-state index is 6.03. The molecule has 2 heterocycles. The lowest BCUT2D eigenvalue weighted by Crippen LogP contribution is -2.04. The molecule has 3 rings (SSSR count). The largest absolute Gasteiger partial charge is 0.327 e. The Kier molecular flexibility index (Phi) is 4.01. The van der Waals surface area contributed by atoms with Gasteiger partial charge in [0.1, 0.15) is 5.82 Å². The summed E-state index contributed by atoms with van der Waals surface area (Å²) in [6.07, 6.45) is 0.945. The first-order valence-corrected chi connectivity index (χ1v) is 8.16. The minimum Gasteiger partial charge on any atom is -0.327 e. The van der Waals surface area contributed by atoms with Crippen LogP contribution in [0.5, 0.6) is 0 Å². The van der Waals surface area contributed by atoms with Crippen LogP contribution in [-0.4, -0.2) is 9.55 Å². The third-order valence-electron chi connectivity index (χ3n) is 3.31. The number of hydrogen-bond acceptors (Lipinski definition) is 2. The molecule has 0 amide bonds. The maximum absolute atomic E-state index is 6.03. The molecule has 0 aliphatic carbocycles. The zero-order valence-electron chi connectivity index (χ0n) is 11.1. The van der Waals surface area contributed by atoms with Crippen LogP contribution >= 0.6 is 34.5 Å². The van der Waals surface area contributed by atoms with Gasteiger partial charge in [-0.3, -0.25) is 0 Å². The van der Waals surface area contributed by atoms with E-state index in [4.69, 9.17) is 23.2 Å². The van der Waals surface area contributed by atoms with Crippen molar-refractivity contribution in [3.05, 3.63) is 50.9 Å². The zero-order valence-corrected chi connectivity index (χ0v) is 13.4. The molecule has 0 radical (unpaired) electrons. The van der Waals surface area contributed by atoms with E-state index in [1.807, 2.05) is 6.07 Å². The van der Waals surface area contributed by atoms with Crippen LogP contribution < -0.4 is 0 Å². The van der Waals surface area contributed by atoms with Crippen LogP contribution in [0.15, 0.2) is 30.3 Å². The molecular formula is C15H14Cl2N2S. The van der Waals surface area contributed by atoms with E-state index in [0.29, 0.717) is 5.88 Å². The predicted octanol–water partition coefficient (Wildman–Crippen LogP) is 5.04. The van der Waals surface area contributed by atoms with Crippen LogP contribution in [0.1, 0.15) is 16.3 Å². The first-order valence-electron chi connectivity index (χ1n) is 6.43. The molecule has 0 aliphatic heterocycles. The number of hydrogen-bond donors (Lipinski definition) is 0. The molecule has 0 aliphatic rings. The van der Waals surface area contributed by atoms with Crippen LogP contribution in [0.2, 0.25) is 4.34 Å². The predicted molar refractivity (Wildman–Crippen MR) is 87.1 cm³/mol. The number of thiophene rings is 1. The van der Waals surface area contributed by atoms with Crippen molar-refractivity contribution in [2.24, 2.45) is 0 Å². The van der Waals surface area contributed by atoms with Gasteiger partial charge in [0, 0.05) is 11.4 Å². The second kappa shape index (κ2) is 5.76. The first kappa shape index (κ1) is 13.9. The molecule has 0 fully saturated rings. The van der Waals surface area contributed by atoms with Gasteiger partial charge in [0.15, 0.2) is 0 Å². The smallest absolute Gasteiger partial charge is 0.124 e. The molecule has 5 heteroatoms. The summed E-state index contributed by atoms with van der Waals surface area (Å²) in [5.74, 6) is 1.36. The second-order valence-corrected chi connectivity index (χ2v) is 6.83. The van der Waals surface area contributed by atoms with Gasteiger partial charge in [-0.25, -0.2) is 4.98 Å². The van der Waals surface area contributed by atoms with Gasteiger partial charge < -0.3 is 4.57 Å². The van der Waals surface area contributed by atoms with Gasteiger partial charge in [0.2, 0.25) is 0 Å². The van der Waals surface area contributed by atoms with Gasteiger partial charge in [-0.1, -0.05) is 17.7 Å². The number of aryl methyl sites for hydroxylation is 3. The molecule has 1 aromatic carbocycles. The molecule has 0 N–H and O–H groups in total. The van der Waals surface area contributed by atoms with E-state index in [0.717, 1.165) is 34.2 Å². The van der Waals surface area contributed by atoms with Crippen LogP contribution in [0.25, 0.3) is 11.0 Å². The number of imidazole rings is 1. The summed E-state index contributed by atoms with van der Waals surface area (Å²) < 4.78 is 3.05. The standard InChI is InChI=1S/C15H14Cl2N2S/c1-10-2-4-12-13(8-10)19(15(9-16)18-12)7-6-11-3-5-14(17)20-11/h2-5,8H,6-7,9H2,1H3. The minimum absolute atomic E-state index is 0.429. The second-order valence-electron chi connectivity index (χ2n) is 4.76. The highest BCUT2D eigenvalue weighted by Crippen LogP contribution is 2.24. The average molecular weight is 325 g/mol. The van der Waals surface area contributed by atoms with Crippen LogP contribution in [0.3, 0.4) is 0 Å². The molecular weight excluding hydrogens is 311 g/mol. The van der Waals surface area contributed by atoms with Crippen LogP contribution in [-0.2, 0) is 18.8 Å². The van der Waals surface area contributed by atoms with Gasteiger partial charge in [-0.2, -0.15) is 0 Å². The lowest BCUT2D eigenvalue weighted by Gasteiger charge is -2.07. The Bertz CT molecular complexity index is 745. The van der Waals surface area contributed by atoms with Crippen molar-refractivity contribution < 1.29 is 0 Å². The maximum Gasteiger partial charge on any atom is 0.124 e. The molecule has 0 saturated carbocycles. The van der Waals surface area contributed by atoms with E-state index in [1.54, 1.807) is 11.3 Å². The molecule has 2 nitrogen and oxygen atoms in total. The van der Waals surface area contributed by atoms with E-state index < -0.39 is 0 Å². The molecule has 0 saturated heterocycles. The quantitative estimate of drug-likeness (QED) is 0.614. The summed E-state index contributed by atoms with van der Waals surface area (Å²) in [5, 5.41) is 0. The fourth-order valence-corrected chi connectivity index (χ4v) is 3.62. The summed E-state index contributed by atoms with van der Waals surface area (Å²) in [5.41, 5.74) is 3.40. The Morgan fingerprint density at radius 3 is 2.80 bits per heavy atom. The van der Waals surface area contributed by atoms with E-state index >= 15 is 0 Å². The monoisotopic (exact) mass is 324 g/mol. The van der Waals surface area contributed by atoms with E-state index in [2.05, 4.69) is 40.7 Å². The summed E-state index contributed by atoms with van der Waals surface area (Å²) >= 11 is 13.6. The van der Waals surface area contributed by atoms with Crippen molar-refractivity contribution in [2.45, 2.75) is 25.8 Å². The number of aromatic nitrogens is 2. The Morgan fingerprint density at radius 1 is 1.25 bits per heavy atom. The number of halogens is 2. The van der Waals surface area contributed by atoms with Crippen molar-refractivity contribution in [3.8, 4) is 0 Å². The Labute approximate surface area is 132 Å². The van der Waals surface area contributed by atoms with Gasteiger partial charge in [0.05, 0.1) is 21.2 Å². The van der Waals surface area contributed by atoms with Crippen molar-refractivity contribution in [1.82, 2.24) is 9.55 Å². The Hall–Kier alpha value is -1.03. The van der Waals surface area contributed by atoms with E-state index in [1.165, 1.54) is 10.4 Å². The van der Waals surface area contributed by atoms with E-state index in [-0.39, 0.29) is 0 Å². The van der Waals surface area contributed by atoms with Crippen molar-refractivity contribution >= 4 is 45.6 Å². The Balaban J connectivity index is 1.94. The molecule has 0 spiro atoms. The highest BCUT2D eigenvalue weighted by atomic mass is 35.5. The van der Waals surface area contributed by atoms with Crippen molar-refractivity contribution in [2.75, 3.05) is 0 Å². The minimum atomic E-state index is 0.429. The van der Waals surface area contributed by atoms with Gasteiger partial charge in [-0.15, -0.1) is 22.9 Å². The average Bonchev–Trinajstić information content (AvgIpc) is 2.99. The summed E-state index contributed by atoms with van der Waals surface area (Å²) in [6, 6.07) is 10.3. The number of benzene rings is 1. The molecule has 0 atom stereocenters. The summed E-state index contributed by atoms with van der Waals surface area (Å²) in [7, 11) is 0. The SMILES string of the molecule is Cc1ccc2nc(CCl)n(CCc3ccc(Cl)s3)c2c1. The normalized spacial score (nSPS) is 11.3. The fraction of sp³-hybridized carbons (Fsp3) is 0.267. The number of nitrogens with zero attached hydrogens (tertiary/aromatic N) is 2. The van der Waals surface area contributed by atoms with Crippen molar-refractivity contribution in [1.29, 1.82) is 0 Å². The lowest BCUT2D eigenvalue weighted by molar-refractivity contribution is 0.693. The molecule has 20 heavy (non-hydrogen) atoms. The third kappa shape index (κ3) is 2.71. The lowest BCUT2D eigenvalue weighted by atomic mass is 10.2. The molecule has 0 unspecified atom stereocenters. The zero-order chi connectivity index (χ0) is 14.1.